The number of H-pyrrole nitrogens is 2. The van der Waals surface area contributed by atoms with Crippen LogP contribution in [0.4, 0.5) is 0 Å². The van der Waals surface area contributed by atoms with Gasteiger partial charge in [0.15, 0.2) is 0 Å². The normalized spacial score (nSPS) is 14.2. The number of hydrogen-bond acceptors (Lipinski definition) is 12. The van der Waals surface area contributed by atoms with E-state index in [2.05, 4.69) is 52.2 Å². The molecule has 0 radical (unpaired) electrons. The van der Waals surface area contributed by atoms with Crippen LogP contribution in [0.25, 0.3) is 10.9 Å². The third kappa shape index (κ3) is 18.2. The number of carbonyl (C=O) groups excluding carboxylic acids is 10. The van der Waals surface area contributed by atoms with Crippen molar-refractivity contribution in [2.45, 2.75) is 122 Å². The minimum absolute atomic E-state index is 0.0462. The van der Waals surface area contributed by atoms with Crippen molar-refractivity contribution >= 4 is 81.7 Å². The lowest BCUT2D eigenvalue weighted by atomic mass is 10.0. The molecule has 0 saturated heterocycles. The molecular formula is C46H69N13O10S. The molecule has 0 bridgehead atoms. The van der Waals surface area contributed by atoms with Crippen molar-refractivity contribution in [2.75, 3.05) is 25.6 Å². The predicted octanol–water partition coefficient (Wildman–Crippen LogP) is -1.23. The molecular weight excluding hydrogens is 927 g/mol. The van der Waals surface area contributed by atoms with Crippen LogP contribution in [-0.4, -0.2) is 147 Å². The monoisotopic (exact) mass is 996 g/mol. The van der Waals surface area contributed by atoms with Gasteiger partial charge in [-0.3, -0.25) is 47.9 Å². The highest BCUT2D eigenvalue weighted by Crippen LogP contribution is 2.20. The maximum atomic E-state index is 14.0. The number of likely N-dealkylation sites (N-methyl/N-ethyl adjacent to an activating group) is 1. The molecule has 0 saturated carbocycles. The first-order valence-electron chi connectivity index (χ1n) is 22.9. The van der Waals surface area contributed by atoms with Gasteiger partial charge >= 0.3 is 0 Å². The van der Waals surface area contributed by atoms with Crippen LogP contribution in [0.3, 0.4) is 0 Å². The Balaban J connectivity index is 1.73. The van der Waals surface area contributed by atoms with Crippen molar-refractivity contribution < 1.29 is 47.9 Å². The van der Waals surface area contributed by atoms with E-state index in [0.29, 0.717) is 17.0 Å². The number of carbonyl (C=O) groups is 10. The summed E-state index contributed by atoms with van der Waals surface area (Å²) in [6, 6.07) is -0.956. The van der Waals surface area contributed by atoms with E-state index in [9.17, 15) is 47.9 Å². The topological polar surface area (TPSA) is 355 Å². The number of nitrogens with one attached hydrogen (secondary N) is 9. The Morgan fingerprint density at radius 3 is 1.96 bits per heavy atom. The number of nitrogens with two attached hydrogens (primary N) is 2. The summed E-state index contributed by atoms with van der Waals surface area (Å²) in [4.78, 5) is 143. The summed E-state index contributed by atoms with van der Waals surface area (Å²) < 4.78 is 0. The molecule has 0 fully saturated rings. The third-order valence-corrected chi connectivity index (χ3v) is 12.0. The standard InChI is InChI=1S/C46H69N13O10S/c1-24(2)17-33(43(66)55-32(40(48)63)15-16-70-8)56-44(67)35(19-29-21-49-23-52-29)54-38(62)22-51-46(69)39(25(3)4)58-41(64)26(5)53-42(65)34(18-28-20-50-31-12-10-9-11-30(28)31)57-45(68)36(13-14-37(47)61)59(7)27(6)60/h9-12,20-21,23-26,32-36,39,50H,13-19,22H2,1-8H3,(H2,47,61)(H2,48,63)(H,49,52)(H,51,69)(H,53,65)(H,54,62)(H,55,66)(H,56,67)(H,57,68)(H,58,64)/t26-,32-,33-,34-,35-,36-,39-/m0/s1. The van der Waals surface area contributed by atoms with Gasteiger partial charge in [0.05, 0.1) is 12.9 Å². The van der Waals surface area contributed by atoms with Crippen molar-refractivity contribution in [3.8, 4) is 0 Å². The summed E-state index contributed by atoms with van der Waals surface area (Å²) in [6.45, 7) is 8.98. The number of thioether (sulfide) groups is 1. The Labute approximate surface area is 411 Å². The van der Waals surface area contributed by atoms with Gasteiger partial charge in [-0.05, 0) is 61.7 Å². The molecule has 2 heterocycles. The maximum Gasteiger partial charge on any atom is 0.243 e. The molecule has 0 aliphatic heterocycles. The Morgan fingerprint density at radius 1 is 0.729 bits per heavy atom. The lowest BCUT2D eigenvalue weighted by molar-refractivity contribution is -0.139. The molecule has 13 N–H and O–H groups in total. The maximum absolute atomic E-state index is 14.0. The van der Waals surface area contributed by atoms with E-state index in [4.69, 9.17) is 11.5 Å². The Morgan fingerprint density at radius 2 is 1.36 bits per heavy atom. The molecule has 3 rings (SSSR count). The van der Waals surface area contributed by atoms with Crippen LogP contribution in [0.2, 0.25) is 0 Å². The second-order valence-electron chi connectivity index (χ2n) is 17.8. The molecule has 7 atom stereocenters. The zero-order chi connectivity index (χ0) is 52.2. The zero-order valence-corrected chi connectivity index (χ0v) is 41.8. The highest BCUT2D eigenvalue weighted by Gasteiger charge is 2.34. The second kappa shape index (κ2) is 27.9. The van der Waals surface area contributed by atoms with E-state index in [-0.39, 0.29) is 44.4 Å². The summed E-state index contributed by atoms with van der Waals surface area (Å²) in [5, 5.41) is 19.1. The van der Waals surface area contributed by atoms with Crippen molar-refractivity contribution in [2.24, 2.45) is 23.3 Å². The van der Waals surface area contributed by atoms with Crippen molar-refractivity contribution in [3.05, 3.63) is 54.2 Å². The number of benzene rings is 1. The first-order chi connectivity index (χ1) is 33.0. The fourth-order valence-corrected chi connectivity index (χ4v) is 7.78. The van der Waals surface area contributed by atoms with Gasteiger partial charge < -0.3 is 63.6 Å². The molecule has 10 amide bonds. The van der Waals surface area contributed by atoms with E-state index in [1.165, 1.54) is 45.2 Å². The molecule has 384 valence electrons. The van der Waals surface area contributed by atoms with Crippen LogP contribution >= 0.6 is 11.8 Å². The summed E-state index contributed by atoms with van der Waals surface area (Å²) in [5.41, 5.74) is 12.8. The van der Waals surface area contributed by atoms with Gasteiger partial charge in [-0.15, -0.1) is 0 Å². The highest BCUT2D eigenvalue weighted by atomic mass is 32.2. The number of amides is 10. The van der Waals surface area contributed by atoms with Crippen molar-refractivity contribution in [3.63, 3.8) is 0 Å². The number of rotatable bonds is 29. The van der Waals surface area contributed by atoms with E-state index in [0.717, 1.165) is 15.8 Å². The van der Waals surface area contributed by atoms with Crippen LogP contribution in [0.15, 0.2) is 43.0 Å². The average molecular weight is 996 g/mol. The van der Waals surface area contributed by atoms with Crippen molar-refractivity contribution in [1.29, 1.82) is 0 Å². The number of para-hydroxylation sites is 1. The fraction of sp³-hybridized carbons (Fsp3) is 0.543. The number of aromatic amines is 2. The number of primary amides is 2. The molecule has 2 aromatic heterocycles. The van der Waals surface area contributed by atoms with Gasteiger partial charge in [0.2, 0.25) is 59.1 Å². The molecule has 0 unspecified atom stereocenters. The lowest BCUT2D eigenvalue weighted by Crippen LogP contribution is -2.59. The summed E-state index contributed by atoms with van der Waals surface area (Å²) in [7, 11) is 1.38. The van der Waals surface area contributed by atoms with Crippen LogP contribution < -0.4 is 48.7 Å². The number of nitrogens with zero attached hydrogens (tertiary/aromatic N) is 2. The van der Waals surface area contributed by atoms with E-state index in [1.807, 2.05) is 38.3 Å². The van der Waals surface area contributed by atoms with E-state index in [1.54, 1.807) is 26.1 Å². The minimum Gasteiger partial charge on any atom is -0.370 e. The number of imidazole rings is 1. The van der Waals surface area contributed by atoms with Crippen LogP contribution in [0, 0.1) is 11.8 Å². The summed E-state index contributed by atoms with van der Waals surface area (Å²) in [5.74, 6) is -7.11. The quantitative estimate of drug-likeness (QED) is 0.0390. The Hall–Kier alpha value is -6.98. The molecule has 23 nitrogen and oxygen atoms in total. The molecule has 24 heteroatoms. The van der Waals surface area contributed by atoms with Crippen LogP contribution in [-0.2, 0) is 60.8 Å². The lowest BCUT2D eigenvalue weighted by Gasteiger charge is -2.29. The van der Waals surface area contributed by atoms with E-state index >= 15 is 0 Å². The molecule has 0 aliphatic rings. The first kappa shape index (κ1) is 57.3. The van der Waals surface area contributed by atoms with E-state index < -0.39 is 114 Å². The van der Waals surface area contributed by atoms with Crippen LogP contribution in [0.1, 0.15) is 78.5 Å². The molecule has 3 aromatic rings. The van der Waals surface area contributed by atoms with Crippen molar-refractivity contribution in [1.82, 2.24) is 57.1 Å². The smallest absolute Gasteiger partial charge is 0.243 e. The molecule has 0 aliphatic carbocycles. The molecule has 70 heavy (non-hydrogen) atoms. The third-order valence-electron chi connectivity index (χ3n) is 11.3. The molecule has 0 spiro atoms. The van der Waals surface area contributed by atoms with Gasteiger partial charge in [0.1, 0.15) is 42.3 Å². The Kier molecular flexibility index (Phi) is 22.8. The second-order valence-corrected chi connectivity index (χ2v) is 18.8. The summed E-state index contributed by atoms with van der Waals surface area (Å²) in [6.07, 6.45) is 6.39. The van der Waals surface area contributed by atoms with Gasteiger partial charge in [-0.1, -0.05) is 45.9 Å². The van der Waals surface area contributed by atoms with Gasteiger partial charge in [-0.25, -0.2) is 4.98 Å². The first-order valence-corrected chi connectivity index (χ1v) is 24.3. The number of aromatic nitrogens is 3. The summed E-state index contributed by atoms with van der Waals surface area (Å²) >= 11 is 1.47. The zero-order valence-electron chi connectivity index (χ0n) is 40.9. The number of fused-ring (bicyclic) bond motifs is 1. The van der Waals surface area contributed by atoms with Gasteiger partial charge in [0, 0.05) is 62.2 Å². The fourth-order valence-electron chi connectivity index (χ4n) is 7.31. The minimum atomic E-state index is -1.29. The average Bonchev–Trinajstić information content (AvgIpc) is 3.97. The van der Waals surface area contributed by atoms with Gasteiger partial charge in [-0.2, -0.15) is 11.8 Å². The van der Waals surface area contributed by atoms with Gasteiger partial charge in [0.25, 0.3) is 0 Å². The Bertz CT molecular complexity index is 2300. The SMILES string of the molecule is CSCC[C@H](NC(=O)[C@H](CC(C)C)NC(=O)[C@H](Cc1cnc[nH]1)NC(=O)CNC(=O)[C@@H](NC(=O)[C@H](C)NC(=O)[C@H](Cc1c[nH]c2ccccc12)NC(=O)[C@H](CCC(N)=O)N(C)C(C)=O)C(C)C)C(N)=O. The number of hydrogen-bond donors (Lipinski definition) is 11. The predicted molar refractivity (Wildman–Crippen MR) is 262 cm³/mol. The largest absolute Gasteiger partial charge is 0.370 e. The highest BCUT2D eigenvalue weighted by molar-refractivity contribution is 7.98. The van der Waals surface area contributed by atoms with Crippen LogP contribution in [0.5, 0.6) is 0 Å². The molecule has 1 aromatic carbocycles.